The fraction of sp³-hybridized carbons (Fsp3) is 0.600. The average molecular weight is 458 g/mol. The molecule has 8 heteroatoms. The predicted octanol–water partition coefficient (Wildman–Crippen LogP) is 2.04. The molecule has 0 amide bonds. The highest BCUT2D eigenvalue weighted by atomic mass is 16.5. The van der Waals surface area contributed by atoms with Crippen LogP contribution >= 0.6 is 0 Å². The molecule has 178 valence electrons. The first-order valence-corrected chi connectivity index (χ1v) is 11.5. The van der Waals surface area contributed by atoms with Crippen LogP contribution in [0.4, 0.5) is 0 Å². The maximum absolute atomic E-state index is 13.1. The highest BCUT2D eigenvalue weighted by molar-refractivity contribution is 5.59. The molecule has 0 aromatic carbocycles. The number of ether oxygens (including phenoxy) is 1. The number of aliphatic hydroxyl groups is 4. The van der Waals surface area contributed by atoms with Crippen molar-refractivity contribution in [3.05, 3.63) is 46.6 Å². The van der Waals surface area contributed by atoms with E-state index in [1.807, 2.05) is 13.8 Å². The monoisotopic (exact) mass is 457 g/mol. The van der Waals surface area contributed by atoms with Crippen LogP contribution in [0.5, 0.6) is 5.75 Å². The fourth-order valence-electron chi connectivity index (χ4n) is 7.08. The van der Waals surface area contributed by atoms with E-state index >= 15 is 0 Å². The molecule has 8 nitrogen and oxygen atoms in total. The van der Waals surface area contributed by atoms with Crippen molar-refractivity contribution in [2.45, 2.75) is 63.9 Å². The highest BCUT2D eigenvalue weighted by Gasteiger charge is 2.68. The van der Waals surface area contributed by atoms with E-state index in [0.717, 1.165) is 0 Å². The summed E-state index contributed by atoms with van der Waals surface area (Å²) in [6.45, 7) is 5.37. The Hall–Kier alpha value is -2.26. The van der Waals surface area contributed by atoms with Gasteiger partial charge in [0, 0.05) is 35.4 Å². The molecular weight excluding hydrogens is 426 g/mol. The van der Waals surface area contributed by atoms with Gasteiger partial charge < -0.3 is 29.6 Å². The van der Waals surface area contributed by atoms with E-state index in [1.54, 1.807) is 37.5 Å². The molecular formula is C25H31NO7. The zero-order valence-corrected chi connectivity index (χ0v) is 19.1. The molecule has 3 heterocycles. The van der Waals surface area contributed by atoms with E-state index in [4.69, 9.17) is 9.15 Å². The summed E-state index contributed by atoms with van der Waals surface area (Å²) in [6, 6.07) is 5.05. The number of hydrogen-bond acceptors (Lipinski definition) is 8. The zero-order chi connectivity index (χ0) is 23.8. The van der Waals surface area contributed by atoms with E-state index in [0.29, 0.717) is 24.8 Å². The summed E-state index contributed by atoms with van der Waals surface area (Å²) in [5.41, 5.74) is -2.67. The van der Waals surface area contributed by atoms with Crippen molar-refractivity contribution < 1.29 is 29.6 Å². The highest BCUT2D eigenvalue weighted by Crippen LogP contribution is 2.66. The second-order valence-electron chi connectivity index (χ2n) is 10.7. The Bertz CT molecular complexity index is 1120. The molecule has 0 spiro atoms. The Morgan fingerprint density at radius 3 is 2.61 bits per heavy atom. The minimum Gasteiger partial charge on any atom is -0.484 e. The lowest BCUT2D eigenvalue weighted by molar-refractivity contribution is -0.264. The maximum Gasteiger partial charge on any atom is 0.345 e. The molecule has 5 rings (SSSR count). The Morgan fingerprint density at radius 2 is 1.94 bits per heavy atom. The first-order valence-electron chi connectivity index (χ1n) is 11.5. The van der Waals surface area contributed by atoms with Crippen LogP contribution in [-0.2, 0) is 0 Å². The van der Waals surface area contributed by atoms with Crippen LogP contribution < -0.4 is 10.4 Å². The zero-order valence-electron chi connectivity index (χ0n) is 19.1. The normalized spacial score (nSPS) is 42.0. The quantitative estimate of drug-likeness (QED) is 0.539. The molecule has 3 aliphatic rings. The first kappa shape index (κ1) is 22.5. The van der Waals surface area contributed by atoms with Crippen LogP contribution in [0.1, 0.15) is 51.7 Å². The van der Waals surface area contributed by atoms with E-state index in [-0.39, 0.29) is 29.6 Å². The van der Waals surface area contributed by atoms with Crippen molar-refractivity contribution in [3.8, 4) is 17.1 Å². The largest absolute Gasteiger partial charge is 0.484 e. The van der Waals surface area contributed by atoms with Crippen LogP contribution in [0, 0.1) is 22.7 Å². The topological polar surface area (TPSA) is 133 Å². The molecule has 0 saturated heterocycles. The molecule has 2 aromatic heterocycles. The SMILES string of the molecule is C[C@]12CC[C@H](O)[C@](C)(CO)C1C[C@H](O)[C@@]1(C)Oc3cc(-c4cccnc4)oc(=O)c3[C@H](O)C21. The molecule has 33 heavy (non-hydrogen) atoms. The van der Waals surface area contributed by atoms with Gasteiger partial charge in [0.25, 0.3) is 0 Å². The van der Waals surface area contributed by atoms with E-state index < -0.39 is 46.3 Å². The van der Waals surface area contributed by atoms with E-state index in [1.165, 1.54) is 0 Å². The van der Waals surface area contributed by atoms with Gasteiger partial charge in [0.15, 0.2) is 0 Å². The molecule has 8 atom stereocenters. The minimum atomic E-state index is -1.24. The summed E-state index contributed by atoms with van der Waals surface area (Å²) in [5.74, 6) is -0.465. The molecule has 1 aliphatic heterocycles. The molecule has 2 aromatic rings. The number of pyridine rings is 1. The van der Waals surface area contributed by atoms with Gasteiger partial charge in [-0.3, -0.25) is 4.98 Å². The Morgan fingerprint density at radius 1 is 1.18 bits per heavy atom. The van der Waals surface area contributed by atoms with Crippen LogP contribution in [0.15, 0.2) is 39.8 Å². The third kappa shape index (κ3) is 2.97. The van der Waals surface area contributed by atoms with Gasteiger partial charge in [0.05, 0.1) is 24.9 Å². The van der Waals surface area contributed by atoms with Gasteiger partial charge >= 0.3 is 5.63 Å². The van der Waals surface area contributed by atoms with Crippen molar-refractivity contribution in [1.29, 1.82) is 0 Å². The molecule has 2 unspecified atom stereocenters. The van der Waals surface area contributed by atoms with E-state index in [2.05, 4.69) is 4.98 Å². The standard InChI is InChI=1S/C25H31NO7/c1-23-7-6-17(28)24(2,12-27)16(23)10-18(29)25(3)21(23)20(30)19-15(33-25)9-14(32-22(19)31)13-5-4-8-26-11-13/h4-5,8-9,11,16-18,20-21,27-30H,6-7,10,12H2,1-3H3/t16?,17-,18-,20-,21?,23-,24+,25+/m0/s1. The Kier molecular flexibility index (Phi) is 5.03. The van der Waals surface area contributed by atoms with Crippen LogP contribution in [0.25, 0.3) is 11.3 Å². The third-order valence-corrected chi connectivity index (χ3v) is 8.94. The Balaban J connectivity index is 1.65. The second-order valence-corrected chi connectivity index (χ2v) is 10.7. The van der Waals surface area contributed by atoms with Gasteiger partial charge in [0.2, 0.25) is 0 Å². The molecule has 2 saturated carbocycles. The number of aliphatic hydroxyl groups excluding tert-OH is 4. The number of hydrogen-bond donors (Lipinski definition) is 4. The van der Waals surface area contributed by atoms with Crippen molar-refractivity contribution in [1.82, 2.24) is 4.98 Å². The number of rotatable bonds is 2. The summed E-state index contributed by atoms with van der Waals surface area (Å²) in [5, 5.41) is 43.9. The summed E-state index contributed by atoms with van der Waals surface area (Å²) in [6.07, 6.45) is 1.56. The minimum absolute atomic E-state index is 0.0380. The predicted molar refractivity (Wildman–Crippen MR) is 118 cm³/mol. The van der Waals surface area contributed by atoms with Crippen molar-refractivity contribution in [2.75, 3.05) is 6.61 Å². The molecule has 0 bridgehead atoms. The second kappa shape index (κ2) is 7.37. The number of aromatic nitrogens is 1. The van der Waals surface area contributed by atoms with Gasteiger partial charge in [-0.15, -0.1) is 0 Å². The molecule has 0 radical (unpaired) electrons. The third-order valence-electron chi connectivity index (χ3n) is 8.94. The van der Waals surface area contributed by atoms with Crippen LogP contribution in [-0.4, -0.2) is 49.8 Å². The molecule has 4 N–H and O–H groups in total. The number of fused-ring (bicyclic) bond motifs is 4. The van der Waals surface area contributed by atoms with E-state index in [9.17, 15) is 25.2 Å². The lowest BCUT2D eigenvalue weighted by atomic mass is 9.42. The smallest absolute Gasteiger partial charge is 0.345 e. The van der Waals surface area contributed by atoms with Gasteiger partial charge in [-0.2, -0.15) is 0 Å². The summed E-state index contributed by atoms with van der Waals surface area (Å²) in [7, 11) is 0. The molecule has 2 aliphatic carbocycles. The lowest BCUT2D eigenvalue weighted by Gasteiger charge is -2.66. The van der Waals surface area contributed by atoms with Gasteiger partial charge in [-0.1, -0.05) is 13.8 Å². The maximum atomic E-state index is 13.1. The van der Waals surface area contributed by atoms with Crippen molar-refractivity contribution >= 4 is 0 Å². The van der Waals surface area contributed by atoms with Crippen molar-refractivity contribution in [3.63, 3.8) is 0 Å². The van der Waals surface area contributed by atoms with Gasteiger partial charge in [-0.05, 0) is 49.7 Å². The van der Waals surface area contributed by atoms with Gasteiger partial charge in [-0.25, -0.2) is 4.79 Å². The lowest BCUT2D eigenvalue weighted by Crippen LogP contribution is -2.70. The molecule has 2 fully saturated rings. The Labute approximate surface area is 191 Å². The summed E-state index contributed by atoms with van der Waals surface area (Å²) < 4.78 is 11.9. The van der Waals surface area contributed by atoms with Crippen molar-refractivity contribution in [2.24, 2.45) is 22.7 Å². The van der Waals surface area contributed by atoms with Gasteiger partial charge in [0.1, 0.15) is 22.7 Å². The fourth-order valence-corrected chi connectivity index (χ4v) is 7.08. The summed E-state index contributed by atoms with van der Waals surface area (Å²) >= 11 is 0. The van der Waals surface area contributed by atoms with Crippen LogP contribution in [0.2, 0.25) is 0 Å². The summed E-state index contributed by atoms with van der Waals surface area (Å²) in [4.78, 5) is 17.1. The average Bonchev–Trinajstić information content (AvgIpc) is 2.78. The number of nitrogens with zero attached hydrogens (tertiary/aromatic N) is 1. The first-order chi connectivity index (χ1) is 15.6. The van der Waals surface area contributed by atoms with Crippen LogP contribution in [0.3, 0.4) is 0 Å².